The van der Waals surface area contributed by atoms with Crippen molar-refractivity contribution in [3.63, 3.8) is 0 Å². The first-order chi connectivity index (χ1) is 7.86. The van der Waals surface area contributed by atoms with Crippen molar-refractivity contribution in [2.75, 3.05) is 6.54 Å². The van der Waals surface area contributed by atoms with Crippen LogP contribution in [0.2, 0.25) is 0 Å². The Morgan fingerprint density at radius 1 is 1.19 bits per heavy atom. The second kappa shape index (κ2) is 3.67. The zero-order valence-corrected chi connectivity index (χ0v) is 8.29. The molecule has 1 saturated heterocycles. The summed E-state index contributed by atoms with van der Waals surface area (Å²) in [5, 5.41) is 6.28. The first-order valence-electron chi connectivity index (χ1n) is 4.86. The second-order valence-electron chi connectivity index (χ2n) is 3.53. The van der Waals surface area contributed by atoms with Gasteiger partial charge in [0.1, 0.15) is 18.6 Å². The highest BCUT2D eigenvalue weighted by Crippen LogP contribution is 2.14. The highest BCUT2D eigenvalue weighted by Gasteiger charge is 2.41. The summed E-state index contributed by atoms with van der Waals surface area (Å²) in [6.45, 7) is 0.538. The van der Waals surface area contributed by atoms with E-state index in [9.17, 15) is 4.79 Å². The number of hydrazine groups is 2. The molecule has 8 nitrogen and oxygen atoms in total. The van der Waals surface area contributed by atoms with Crippen LogP contribution in [0.4, 0.5) is 0 Å². The summed E-state index contributed by atoms with van der Waals surface area (Å²) in [4.78, 5) is 21.7. The summed E-state index contributed by atoms with van der Waals surface area (Å²) in [5.74, 6) is 0.0327. The van der Waals surface area contributed by atoms with Crippen molar-refractivity contribution in [3.8, 4) is 0 Å². The Labute approximate surface area is 91.3 Å². The van der Waals surface area contributed by atoms with Gasteiger partial charge < -0.3 is 9.68 Å². The van der Waals surface area contributed by atoms with Crippen molar-refractivity contribution in [3.05, 3.63) is 24.9 Å². The van der Waals surface area contributed by atoms with Gasteiger partial charge in [0.05, 0.1) is 12.4 Å². The molecule has 0 aliphatic carbocycles. The molecule has 0 saturated carbocycles. The first-order valence-corrected chi connectivity index (χ1v) is 4.86. The van der Waals surface area contributed by atoms with Gasteiger partial charge in [0, 0.05) is 6.54 Å². The molecule has 2 atom stereocenters. The fraction of sp³-hybridized carbons (Fsp3) is 0.375. The highest BCUT2D eigenvalue weighted by atomic mass is 16.7. The van der Waals surface area contributed by atoms with Crippen LogP contribution in [-0.4, -0.2) is 34.6 Å². The molecule has 0 aromatic heterocycles. The zero-order valence-electron chi connectivity index (χ0n) is 8.29. The Balaban J connectivity index is 1.69. The number of Topliss-reactive ketones (excluding diaryl/α,β-unsaturated/α-hetero) is 1. The molecule has 0 aromatic rings. The van der Waals surface area contributed by atoms with Crippen molar-refractivity contribution >= 4 is 5.78 Å². The standard InChI is InChI=1S/C8H11N5O3/c14-7-6(12-1-3-15-10-12)5-9-8(7)13-2-4-16-11-13/h1-4,6,8-11H,5H2. The molecule has 3 aliphatic rings. The molecule has 8 heteroatoms. The fourth-order valence-corrected chi connectivity index (χ4v) is 1.82. The van der Waals surface area contributed by atoms with Gasteiger partial charge in [-0.2, -0.15) is 0 Å². The van der Waals surface area contributed by atoms with Crippen LogP contribution >= 0.6 is 0 Å². The molecule has 0 bridgehead atoms. The van der Waals surface area contributed by atoms with Gasteiger partial charge in [-0.25, -0.2) is 0 Å². The van der Waals surface area contributed by atoms with Gasteiger partial charge in [-0.1, -0.05) is 11.2 Å². The number of nitrogens with zero attached hydrogens (tertiary/aromatic N) is 2. The number of ketones is 1. The molecule has 1 fully saturated rings. The summed E-state index contributed by atoms with van der Waals surface area (Å²) >= 11 is 0. The van der Waals surface area contributed by atoms with Crippen molar-refractivity contribution in [1.29, 1.82) is 0 Å². The van der Waals surface area contributed by atoms with Crippen LogP contribution in [0.3, 0.4) is 0 Å². The topological polar surface area (TPSA) is 78.1 Å². The van der Waals surface area contributed by atoms with E-state index >= 15 is 0 Å². The molecule has 3 heterocycles. The molecule has 3 aliphatic heterocycles. The Morgan fingerprint density at radius 2 is 1.88 bits per heavy atom. The summed E-state index contributed by atoms with van der Waals surface area (Å²) in [6.07, 6.45) is 5.86. The lowest BCUT2D eigenvalue weighted by atomic mass is 10.2. The number of carbonyl (C=O) groups is 1. The van der Waals surface area contributed by atoms with Gasteiger partial charge in [0.15, 0.2) is 11.9 Å². The van der Waals surface area contributed by atoms with E-state index in [1.54, 1.807) is 22.4 Å². The van der Waals surface area contributed by atoms with E-state index in [1.165, 1.54) is 12.5 Å². The first kappa shape index (κ1) is 9.46. The van der Waals surface area contributed by atoms with Crippen LogP contribution in [0, 0.1) is 0 Å². The Morgan fingerprint density at radius 3 is 2.50 bits per heavy atom. The maximum atomic E-state index is 12.1. The van der Waals surface area contributed by atoms with Crippen molar-refractivity contribution in [2.24, 2.45) is 0 Å². The summed E-state index contributed by atoms with van der Waals surface area (Å²) in [6, 6.07) is -0.292. The molecule has 3 N–H and O–H groups in total. The SMILES string of the molecule is O=C1C(N2C=CON2)CNC1N1C=CON1. The van der Waals surface area contributed by atoms with Crippen LogP contribution < -0.4 is 16.5 Å². The molecule has 0 aromatic carbocycles. The van der Waals surface area contributed by atoms with E-state index in [1.807, 2.05) is 0 Å². The van der Waals surface area contributed by atoms with Crippen molar-refractivity contribution < 1.29 is 14.5 Å². The third-order valence-electron chi connectivity index (χ3n) is 2.61. The summed E-state index contributed by atoms with van der Waals surface area (Å²) < 4.78 is 0. The Kier molecular flexibility index (Phi) is 2.17. The monoisotopic (exact) mass is 225 g/mol. The minimum absolute atomic E-state index is 0.0327. The van der Waals surface area contributed by atoms with Gasteiger partial charge in [-0.05, 0) is 0 Å². The third-order valence-corrected chi connectivity index (χ3v) is 2.61. The predicted octanol–water partition coefficient (Wildman–Crippen LogP) is -1.70. The minimum Gasteiger partial charge on any atom is -0.395 e. The zero-order chi connectivity index (χ0) is 11.0. The molecule has 2 unspecified atom stereocenters. The Bertz CT molecular complexity index is 326. The van der Waals surface area contributed by atoms with Crippen LogP contribution in [-0.2, 0) is 14.5 Å². The van der Waals surface area contributed by atoms with Crippen LogP contribution in [0.1, 0.15) is 0 Å². The predicted molar refractivity (Wildman–Crippen MR) is 51.0 cm³/mol. The maximum Gasteiger partial charge on any atom is 0.196 e. The molecular weight excluding hydrogens is 214 g/mol. The molecule has 86 valence electrons. The van der Waals surface area contributed by atoms with E-state index in [-0.39, 0.29) is 11.8 Å². The maximum absolute atomic E-state index is 12.1. The number of carbonyl (C=O) groups excluding carboxylic acids is 1. The lowest BCUT2D eigenvalue weighted by Gasteiger charge is -2.22. The molecular formula is C8H11N5O3. The van der Waals surface area contributed by atoms with Gasteiger partial charge in [-0.15, -0.1) is 0 Å². The van der Waals surface area contributed by atoms with Gasteiger partial charge in [0.2, 0.25) is 0 Å². The van der Waals surface area contributed by atoms with Gasteiger partial charge in [0.25, 0.3) is 0 Å². The molecule has 16 heavy (non-hydrogen) atoms. The second-order valence-corrected chi connectivity index (χ2v) is 3.53. The molecule has 3 rings (SSSR count). The smallest absolute Gasteiger partial charge is 0.196 e. The largest absolute Gasteiger partial charge is 0.395 e. The third kappa shape index (κ3) is 1.40. The fourth-order valence-electron chi connectivity index (χ4n) is 1.82. The quantitative estimate of drug-likeness (QED) is 0.513. The van der Waals surface area contributed by atoms with Crippen molar-refractivity contribution in [1.82, 2.24) is 26.5 Å². The highest BCUT2D eigenvalue weighted by molar-refractivity contribution is 5.91. The average molecular weight is 225 g/mol. The van der Waals surface area contributed by atoms with E-state index in [0.29, 0.717) is 6.54 Å². The molecule has 0 radical (unpaired) electrons. The van der Waals surface area contributed by atoms with Gasteiger partial charge >= 0.3 is 0 Å². The number of nitrogens with one attached hydrogen (secondary N) is 3. The lowest BCUT2D eigenvalue weighted by molar-refractivity contribution is -0.130. The average Bonchev–Trinajstić information content (AvgIpc) is 2.96. The van der Waals surface area contributed by atoms with Crippen LogP contribution in [0.25, 0.3) is 0 Å². The van der Waals surface area contributed by atoms with E-state index in [2.05, 4.69) is 16.5 Å². The molecule has 0 amide bonds. The van der Waals surface area contributed by atoms with E-state index in [4.69, 9.17) is 9.68 Å². The summed E-state index contributed by atoms with van der Waals surface area (Å²) in [7, 11) is 0. The Hall–Kier alpha value is -1.77. The van der Waals surface area contributed by atoms with Crippen molar-refractivity contribution in [2.45, 2.75) is 12.2 Å². The van der Waals surface area contributed by atoms with Crippen LogP contribution in [0.15, 0.2) is 24.9 Å². The summed E-state index contributed by atoms with van der Waals surface area (Å²) in [5.41, 5.74) is 5.20. The van der Waals surface area contributed by atoms with E-state index < -0.39 is 6.17 Å². The van der Waals surface area contributed by atoms with E-state index in [0.717, 1.165) is 0 Å². The van der Waals surface area contributed by atoms with Crippen LogP contribution in [0.5, 0.6) is 0 Å². The van der Waals surface area contributed by atoms with Gasteiger partial charge in [-0.3, -0.25) is 20.1 Å². The lowest BCUT2D eigenvalue weighted by Crippen LogP contribution is -2.49. The normalized spacial score (nSPS) is 32.4. The molecule has 0 spiro atoms. The minimum atomic E-state index is -0.431. The number of hydrogen-bond donors (Lipinski definition) is 3. The number of hydrogen-bond acceptors (Lipinski definition) is 8. The number of rotatable bonds is 2.